The summed E-state index contributed by atoms with van der Waals surface area (Å²) < 4.78 is 0.500. The second-order valence-electron chi connectivity index (χ2n) is 3.79. The number of nitrogens with zero attached hydrogens (tertiary/aromatic N) is 3. The average molecular weight is 237 g/mol. The Balaban J connectivity index is 2.16. The summed E-state index contributed by atoms with van der Waals surface area (Å²) in [5, 5.41) is 0.381. The highest BCUT2D eigenvalue weighted by Gasteiger charge is 2.17. The molecule has 0 spiro atoms. The Morgan fingerprint density at radius 3 is 2.81 bits per heavy atom. The lowest BCUT2D eigenvalue weighted by Crippen LogP contribution is -2.23. The SMILES string of the molecule is Nc1nc2nc(N3CCCC3)[nH]c(=O)c2s1. The van der Waals surface area contributed by atoms with Crippen LogP contribution in [0.25, 0.3) is 10.3 Å². The minimum absolute atomic E-state index is 0.152. The van der Waals surface area contributed by atoms with E-state index in [9.17, 15) is 4.79 Å². The Morgan fingerprint density at radius 2 is 2.06 bits per heavy atom. The predicted octanol–water partition coefficient (Wildman–Crippen LogP) is 0.562. The van der Waals surface area contributed by atoms with E-state index in [1.807, 2.05) is 0 Å². The molecule has 3 N–H and O–H groups in total. The van der Waals surface area contributed by atoms with E-state index in [0.29, 0.717) is 21.4 Å². The first-order valence-electron chi connectivity index (χ1n) is 5.15. The van der Waals surface area contributed by atoms with Crippen molar-refractivity contribution >= 4 is 32.8 Å². The van der Waals surface area contributed by atoms with Gasteiger partial charge >= 0.3 is 0 Å². The van der Waals surface area contributed by atoms with Gasteiger partial charge in [-0.05, 0) is 12.8 Å². The van der Waals surface area contributed by atoms with Gasteiger partial charge in [0.1, 0.15) is 4.70 Å². The van der Waals surface area contributed by atoms with Crippen molar-refractivity contribution in [2.75, 3.05) is 23.7 Å². The number of nitrogen functional groups attached to an aromatic ring is 1. The van der Waals surface area contributed by atoms with Crippen molar-refractivity contribution in [1.29, 1.82) is 0 Å². The number of hydrogen-bond donors (Lipinski definition) is 2. The number of nitrogens with two attached hydrogens (primary N) is 1. The number of anilines is 2. The van der Waals surface area contributed by atoms with Crippen LogP contribution in [0.15, 0.2) is 4.79 Å². The van der Waals surface area contributed by atoms with Crippen LogP contribution in [0.5, 0.6) is 0 Å². The number of H-pyrrole nitrogens is 1. The molecule has 3 rings (SSSR count). The van der Waals surface area contributed by atoms with Crippen molar-refractivity contribution in [2.45, 2.75) is 12.8 Å². The number of thiazole rings is 1. The standard InChI is InChI=1S/C9H11N5OS/c10-8-11-6-5(16-8)7(15)13-9(12-6)14-3-1-2-4-14/h1-4H2,(H3,10,11,12,13,15). The maximum atomic E-state index is 11.8. The van der Waals surface area contributed by atoms with Crippen molar-refractivity contribution in [3.8, 4) is 0 Å². The summed E-state index contributed by atoms with van der Waals surface area (Å²) >= 11 is 1.17. The summed E-state index contributed by atoms with van der Waals surface area (Å²) in [7, 11) is 0. The summed E-state index contributed by atoms with van der Waals surface area (Å²) in [5.74, 6) is 0.611. The largest absolute Gasteiger partial charge is 0.375 e. The summed E-state index contributed by atoms with van der Waals surface area (Å²) in [6.07, 6.45) is 2.28. The Bertz CT molecular complexity index is 583. The van der Waals surface area contributed by atoms with Crippen LogP contribution in [0.1, 0.15) is 12.8 Å². The molecule has 3 heterocycles. The van der Waals surface area contributed by atoms with Crippen LogP contribution in [0.3, 0.4) is 0 Å². The van der Waals surface area contributed by atoms with Gasteiger partial charge in [-0.25, -0.2) is 0 Å². The molecule has 1 aliphatic heterocycles. The zero-order valence-electron chi connectivity index (χ0n) is 8.56. The number of aromatic nitrogens is 3. The third kappa shape index (κ3) is 1.44. The van der Waals surface area contributed by atoms with Crippen molar-refractivity contribution in [1.82, 2.24) is 15.0 Å². The van der Waals surface area contributed by atoms with Crippen LogP contribution in [-0.2, 0) is 0 Å². The van der Waals surface area contributed by atoms with Gasteiger partial charge in [-0.1, -0.05) is 11.3 Å². The lowest BCUT2D eigenvalue weighted by atomic mass is 10.4. The first-order valence-corrected chi connectivity index (χ1v) is 5.97. The summed E-state index contributed by atoms with van der Waals surface area (Å²) in [5.41, 5.74) is 5.86. The van der Waals surface area contributed by atoms with E-state index in [4.69, 9.17) is 5.73 Å². The van der Waals surface area contributed by atoms with E-state index in [1.54, 1.807) is 0 Å². The van der Waals surface area contributed by atoms with Crippen LogP contribution < -0.4 is 16.2 Å². The molecule has 2 aromatic rings. The molecular weight excluding hydrogens is 226 g/mol. The lowest BCUT2D eigenvalue weighted by molar-refractivity contribution is 0.899. The second-order valence-corrected chi connectivity index (χ2v) is 4.82. The molecule has 0 saturated carbocycles. The van der Waals surface area contributed by atoms with Gasteiger partial charge in [0, 0.05) is 13.1 Å². The van der Waals surface area contributed by atoms with Gasteiger partial charge in [0.2, 0.25) is 5.95 Å². The second kappa shape index (κ2) is 3.44. The van der Waals surface area contributed by atoms with Crippen LogP contribution in [0.2, 0.25) is 0 Å². The highest BCUT2D eigenvalue weighted by molar-refractivity contribution is 7.21. The van der Waals surface area contributed by atoms with Gasteiger partial charge < -0.3 is 10.6 Å². The molecule has 84 valence electrons. The van der Waals surface area contributed by atoms with Crippen LogP contribution in [-0.4, -0.2) is 28.0 Å². The molecule has 0 amide bonds. The van der Waals surface area contributed by atoms with Crippen molar-refractivity contribution in [3.63, 3.8) is 0 Å². The normalized spacial score (nSPS) is 16.1. The van der Waals surface area contributed by atoms with Gasteiger partial charge in [-0.2, -0.15) is 9.97 Å². The highest BCUT2D eigenvalue weighted by Crippen LogP contribution is 2.21. The van der Waals surface area contributed by atoms with E-state index < -0.39 is 0 Å². The molecule has 0 atom stereocenters. The number of fused-ring (bicyclic) bond motifs is 1. The summed E-state index contributed by atoms with van der Waals surface area (Å²) in [6.45, 7) is 1.88. The molecular formula is C9H11N5OS. The molecule has 1 fully saturated rings. The molecule has 0 bridgehead atoms. The quantitative estimate of drug-likeness (QED) is 0.756. The van der Waals surface area contributed by atoms with Gasteiger partial charge in [0.25, 0.3) is 5.56 Å². The third-order valence-corrected chi connectivity index (χ3v) is 3.55. The van der Waals surface area contributed by atoms with Crippen molar-refractivity contribution in [2.24, 2.45) is 0 Å². The number of nitrogens with one attached hydrogen (secondary N) is 1. The minimum atomic E-state index is -0.152. The van der Waals surface area contributed by atoms with Crippen LogP contribution >= 0.6 is 11.3 Å². The number of hydrogen-bond acceptors (Lipinski definition) is 6. The average Bonchev–Trinajstić information content (AvgIpc) is 2.84. The van der Waals surface area contributed by atoms with E-state index in [-0.39, 0.29) is 5.56 Å². The van der Waals surface area contributed by atoms with Crippen LogP contribution in [0, 0.1) is 0 Å². The summed E-state index contributed by atoms with van der Waals surface area (Å²) in [6, 6.07) is 0. The Labute approximate surface area is 95.1 Å². The van der Waals surface area contributed by atoms with Gasteiger partial charge in [0.15, 0.2) is 10.8 Å². The monoisotopic (exact) mass is 237 g/mol. The fourth-order valence-corrected chi connectivity index (χ4v) is 2.58. The molecule has 6 nitrogen and oxygen atoms in total. The molecule has 0 unspecified atom stereocenters. The number of rotatable bonds is 1. The van der Waals surface area contributed by atoms with Gasteiger partial charge in [0.05, 0.1) is 0 Å². The molecule has 0 radical (unpaired) electrons. The zero-order valence-corrected chi connectivity index (χ0v) is 9.38. The van der Waals surface area contributed by atoms with E-state index in [1.165, 1.54) is 11.3 Å². The smallest absolute Gasteiger partial charge is 0.272 e. The van der Waals surface area contributed by atoms with E-state index in [2.05, 4.69) is 19.9 Å². The van der Waals surface area contributed by atoms with Crippen LogP contribution in [0.4, 0.5) is 11.1 Å². The maximum Gasteiger partial charge on any atom is 0.272 e. The van der Waals surface area contributed by atoms with Gasteiger partial charge in [-0.15, -0.1) is 0 Å². The van der Waals surface area contributed by atoms with E-state index in [0.717, 1.165) is 25.9 Å². The molecule has 2 aromatic heterocycles. The molecule has 0 aliphatic carbocycles. The van der Waals surface area contributed by atoms with Gasteiger partial charge in [-0.3, -0.25) is 9.78 Å². The third-order valence-electron chi connectivity index (χ3n) is 2.67. The minimum Gasteiger partial charge on any atom is -0.375 e. The first kappa shape index (κ1) is 9.59. The fourth-order valence-electron chi connectivity index (χ4n) is 1.92. The topological polar surface area (TPSA) is 87.9 Å². The zero-order chi connectivity index (χ0) is 11.1. The Kier molecular flexibility index (Phi) is 2.06. The molecule has 16 heavy (non-hydrogen) atoms. The Morgan fingerprint density at radius 1 is 1.31 bits per heavy atom. The molecule has 1 saturated heterocycles. The first-order chi connectivity index (χ1) is 7.74. The molecule has 0 aromatic carbocycles. The maximum absolute atomic E-state index is 11.8. The molecule has 7 heteroatoms. The summed E-state index contributed by atoms with van der Waals surface area (Å²) in [4.78, 5) is 25.0. The van der Waals surface area contributed by atoms with Crippen molar-refractivity contribution < 1.29 is 0 Å². The lowest BCUT2D eigenvalue weighted by Gasteiger charge is -2.14. The van der Waals surface area contributed by atoms with Crippen molar-refractivity contribution in [3.05, 3.63) is 10.4 Å². The molecule has 1 aliphatic rings. The number of aromatic amines is 1. The predicted molar refractivity (Wildman–Crippen MR) is 63.9 cm³/mol. The highest BCUT2D eigenvalue weighted by atomic mass is 32.1. The van der Waals surface area contributed by atoms with E-state index >= 15 is 0 Å². The Hall–Kier alpha value is -1.63. The fraction of sp³-hybridized carbons (Fsp3) is 0.444.